The minimum absolute atomic E-state index is 0.0974. The molecule has 1 saturated heterocycles. The zero-order valence-corrected chi connectivity index (χ0v) is 11.8. The summed E-state index contributed by atoms with van der Waals surface area (Å²) >= 11 is 0. The number of nitrogens with two attached hydrogens (primary N) is 1. The molecule has 1 aliphatic rings. The van der Waals surface area contributed by atoms with Crippen molar-refractivity contribution in [1.82, 2.24) is 10.2 Å². The third-order valence-corrected chi connectivity index (χ3v) is 3.41. The molecule has 1 amide bonds. The number of nitrogens with zero attached hydrogens (tertiary/aromatic N) is 1. The van der Waals surface area contributed by atoms with Crippen molar-refractivity contribution in [3.05, 3.63) is 23.7 Å². The van der Waals surface area contributed by atoms with Crippen molar-refractivity contribution in [2.75, 3.05) is 39.4 Å². The van der Waals surface area contributed by atoms with Gasteiger partial charge in [-0.25, -0.2) is 0 Å². The largest absolute Gasteiger partial charge is 0.467 e. The number of hydrogen-bond donors (Lipinski definition) is 2. The highest BCUT2D eigenvalue weighted by molar-refractivity contribution is 5.93. The Balaban J connectivity index is 1.57. The predicted octanol–water partition coefficient (Wildman–Crippen LogP) is 0.580. The Morgan fingerprint density at radius 3 is 2.85 bits per heavy atom. The van der Waals surface area contributed by atoms with Gasteiger partial charge in [0, 0.05) is 19.6 Å². The lowest BCUT2D eigenvalue weighted by Crippen LogP contribution is -2.37. The van der Waals surface area contributed by atoms with Gasteiger partial charge in [-0.2, -0.15) is 0 Å². The van der Waals surface area contributed by atoms with E-state index in [1.165, 1.54) is 6.26 Å². The molecule has 0 aliphatic carbocycles. The van der Waals surface area contributed by atoms with Gasteiger partial charge in [0.15, 0.2) is 0 Å². The number of hydrogen-bond acceptors (Lipinski definition) is 5. The summed E-state index contributed by atoms with van der Waals surface area (Å²) in [7, 11) is 0. The van der Waals surface area contributed by atoms with E-state index < -0.39 is 0 Å². The van der Waals surface area contributed by atoms with Crippen LogP contribution in [0.15, 0.2) is 16.7 Å². The first kappa shape index (κ1) is 15.0. The third-order valence-electron chi connectivity index (χ3n) is 3.41. The van der Waals surface area contributed by atoms with E-state index in [0.717, 1.165) is 45.7 Å². The minimum Gasteiger partial charge on any atom is -0.467 e. The number of carbonyl (C=O) groups excluding carboxylic acids is 1. The van der Waals surface area contributed by atoms with E-state index in [1.807, 2.05) is 0 Å². The summed E-state index contributed by atoms with van der Waals surface area (Å²) in [5.41, 5.74) is 5.98. The molecule has 112 valence electrons. The lowest BCUT2D eigenvalue weighted by molar-refractivity contribution is 0.0372. The molecule has 0 spiro atoms. The van der Waals surface area contributed by atoms with E-state index in [-0.39, 0.29) is 5.91 Å². The number of furan rings is 1. The van der Waals surface area contributed by atoms with Crippen molar-refractivity contribution in [1.29, 1.82) is 0 Å². The quantitative estimate of drug-likeness (QED) is 0.715. The van der Waals surface area contributed by atoms with Crippen LogP contribution in [-0.4, -0.2) is 50.2 Å². The summed E-state index contributed by atoms with van der Waals surface area (Å²) in [6, 6.07) is 1.68. The average molecular weight is 281 g/mol. The highest BCUT2D eigenvalue weighted by atomic mass is 16.5. The fourth-order valence-corrected chi connectivity index (χ4v) is 2.20. The number of unbranched alkanes of at least 4 members (excludes halogenated alkanes) is 1. The molecule has 3 N–H and O–H groups in total. The van der Waals surface area contributed by atoms with Crippen LogP contribution in [0.3, 0.4) is 0 Å². The fraction of sp³-hybridized carbons (Fsp3) is 0.643. The van der Waals surface area contributed by atoms with E-state index >= 15 is 0 Å². The summed E-state index contributed by atoms with van der Waals surface area (Å²) in [5, 5.41) is 2.89. The van der Waals surface area contributed by atoms with E-state index in [2.05, 4.69) is 10.2 Å². The van der Waals surface area contributed by atoms with Crippen LogP contribution in [0, 0.1) is 0 Å². The number of carbonyl (C=O) groups is 1. The number of rotatable bonds is 7. The molecule has 1 fully saturated rings. The molecule has 20 heavy (non-hydrogen) atoms. The summed E-state index contributed by atoms with van der Waals surface area (Å²) < 4.78 is 10.4. The van der Waals surface area contributed by atoms with E-state index in [1.54, 1.807) is 6.07 Å². The normalized spacial score (nSPS) is 16.2. The molecule has 0 atom stereocenters. The molecule has 0 aromatic carbocycles. The van der Waals surface area contributed by atoms with Gasteiger partial charge in [0.05, 0.1) is 25.3 Å². The average Bonchev–Trinajstić information content (AvgIpc) is 2.97. The van der Waals surface area contributed by atoms with Crippen LogP contribution in [0.4, 0.5) is 0 Å². The molecule has 6 heteroatoms. The Kier molecular flexibility index (Phi) is 6.04. The van der Waals surface area contributed by atoms with Crippen molar-refractivity contribution in [3.63, 3.8) is 0 Å². The SMILES string of the molecule is NCc1cc(C(=O)NCCCCN2CCOCC2)co1. The zero-order chi connectivity index (χ0) is 14.2. The van der Waals surface area contributed by atoms with E-state index in [0.29, 0.717) is 24.4 Å². The maximum absolute atomic E-state index is 11.8. The molecule has 6 nitrogen and oxygen atoms in total. The Morgan fingerprint density at radius 2 is 2.15 bits per heavy atom. The van der Waals surface area contributed by atoms with E-state index in [9.17, 15) is 4.79 Å². The molecule has 0 unspecified atom stereocenters. The van der Waals surface area contributed by atoms with Gasteiger partial charge in [-0.15, -0.1) is 0 Å². The van der Waals surface area contributed by atoms with Gasteiger partial charge in [-0.1, -0.05) is 0 Å². The van der Waals surface area contributed by atoms with Gasteiger partial charge >= 0.3 is 0 Å². The molecule has 0 radical (unpaired) electrons. The third kappa shape index (κ3) is 4.63. The minimum atomic E-state index is -0.0974. The van der Waals surface area contributed by atoms with Gasteiger partial charge in [0.1, 0.15) is 12.0 Å². The summed E-state index contributed by atoms with van der Waals surface area (Å²) in [6.45, 7) is 5.77. The number of nitrogens with one attached hydrogen (secondary N) is 1. The Hall–Kier alpha value is -1.37. The molecular weight excluding hydrogens is 258 g/mol. The molecule has 0 bridgehead atoms. The van der Waals surface area contributed by atoms with Gasteiger partial charge < -0.3 is 20.2 Å². The molecule has 2 heterocycles. The first-order chi connectivity index (χ1) is 9.79. The van der Waals surface area contributed by atoms with E-state index in [4.69, 9.17) is 14.9 Å². The Morgan fingerprint density at radius 1 is 1.35 bits per heavy atom. The highest BCUT2D eigenvalue weighted by Gasteiger charge is 2.10. The molecule has 2 rings (SSSR count). The van der Waals surface area contributed by atoms with Crippen LogP contribution < -0.4 is 11.1 Å². The first-order valence-electron chi connectivity index (χ1n) is 7.15. The van der Waals surface area contributed by atoms with Crippen LogP contribution in [-0.2, 0) is 11.3 Å². The second-order valence-corrected chi connectivity index (χ2v) is 4.92. The second-order valence-electron chi connectivity index (χ2n) is 4.92. The Bertz CT molecular complexity index is 414. The van der Waals surface area contributed by atoms with Gasteiger partial charge in [-0.05, 0) is 25.5 Å². The number of ether oxygens (including phenoxy) is 1. The fourth-order valence-electron chi connectivity index (χ4n) is 2.20. The molecule has 1 aromatic rings. The van der Waals surface area contributed by atoms with Crippen LogP contribution in [0.1, 0.15) is 29.0 Å². The van der Waals surface area contributed by atoms with Crippen LogP contribution >= 0.6 is 0 Å². The second kappa shape index (κ2) is 8.04. The van der Waals surface area contributed by atoms with Gasteiger partial charge in [0.2, 0.25) is 0 Å². The predicted molar refractivity (Wildman–Crippen MR) is 75.4 cm³/mol. The topological polar surface area (TPSA) is 80.7 Å². The molecule has 0 saturated carbocycles. The molecular formula is C14H23N3O3. The monoisotopic (exact) mass is 281 g/mol. The molecule has 1 aromatic heterocycles. The lowest BCUT2D eigenvalue weighted by atomic mass is 10.2. The van der Waals surface area contributed by atoms with Crippen molar-refractivity contribution < 1.29 is 13.9 Å². The van der Waals surface area contributed by atoms with Crippen LogP contribution in [0.5, 0.6) is 0 Å². The van der Waals surface area contributed by atoms with Crippen molar-refractivity contribution in [2.24, 2.45) is 5.73 Å². The maximum atomic E-state index is 11.8. The summed E-state index contributed by atoms with van der Waals surface area (Å²) in [5.74, 6) is 0.530. The highest BCUT2D eigenvalue weighted by Crippen LogP contribution is 2.06. The van der Waals surface area contributed by atoms with Gasteiger partial charge in [-0.3, -0.25) is 9.69 Å². The van der Waals surface area contributed by atoms with Crippen molar-refractivity contribution in [3.8, 4) is 0 Å². The van der Waals surface area contributed by atoms with Gasteiger partial charge in [0.25, 0.3) is 5.91 Å². The lowest BCUT2D eigenvalue weighted by Gasteiger charge is -2.26. The van der Waals surface area contributed by atoms with Crippen molar-refractivity contribution >= 4 is 5.91 Å². The van der Waals surface area contributed by atoms with Crippen molar-refractivity contribution in [2.45, 2.75) is 19.4 Å². The Labute approximate surface area is 119 Å². The zero-order valence-electron chi connectivity index (χ0n) is 11.8. The maximum Gasteiger partial charge on any atom is 0.254 e. The summed E-state index contributed by atoms with van der Waals surface area (Å²) in [6.07, 6.45) is 3.51. The number of amides is 1. The van der Waals surface area contributed by atoms with Crippen LogP contribution in [0.2, 0.25) is 0 Å². The smallest absolute Gasteiger partial charge is 0.254 e. The first-order valence-corrected chi connectivity index (χ1v) is 7.15. The van der Waals surface area contributed by atoms with Crippen LogP contribution in [0.25, 0.3) is 0 Å². The summed E-state index contributed by atoms with van der Waals surface area (Å²) in [4.78, 5) is 14.2. The number of morpholine rings is 1. The standard InChI is InChI=1S/C14H23N3O3/c15-10-13-9-12(11-20-13)14(18)16-3-1-2-4-17-5-7-19-8-6-17/h9,11H,1-8,10,15H2,(H,16,18). The molecule has 1 aliphatic heterocycles.